The van der Waals surface area contributed by atoms with E-state index >= 15 is 0 Å². The van der Waals surface area contributed by atoms with Crippen LogP contribution in [0, 0.1) is 0 Å². The van der Waals surface area contributed by atoms with Crippen LogP contribution in [0.2, 0.25) is 5.02 Å². The van der Waals surface area contributed by atoms with Crippen LogP contribution < -0.4 is 10.6 Å². The largest absolute Gasteiger partial charge is 0.333 e. The molecule has 0 bridgehead atoms. The highest BCUT2D eigenvalue weighted by atomic mass is 35.5. The number of hydrogen-bond acceptors (Lipinski definition) is 3. The molecule has 8 heteroatoms. The van der Waals surface area contributed by atoms with Crippen molar-refractivity contribution in [3.8, 4) is 16.9 Å². The minimum Gasteiger partial charge on any atom is -0.333 e. The maximum absolute atomic E-state index is 13.0. The number of anilines is 1. The van der Waals surface area contributed by atoms with Gasteiger partial charge in [0.15, 0.2) is 0 Å². The van der Waals surface area contributed by atoms with Gasteiger partial charge in [0, 0.05) is 28.7 Å². The molecule has 0 atom stereocenters. The van der Waals surface area contributed by atoms with Crippen molar-refractivity contribution in [3.05, 3.63) is 65.7 Å². The quantitative estimate of drug-likeness (QED) is 0.430. The van der Waals surface area contributed by atoms with Crippen LogP contribution in [0.4, 0.5) is 10.6 Å². The molecule has 3 amide bonds. The number of nitrogens with zero attached hydrogens (tertiary/aromatic N) is 3. The molecule has 0 aliphatic heterocycles. The van der Waals surface area contributed by atoms with Crippen molar-refractivity contribution < 1.29 is 9.59 Å². The topological polar surface area (TPSA) is 79.3 Å². The fourth-order valence-corrected chi connectivity index (χ4v) is 3.48. The smallest absolute Gasteiger partial charge is 0.318 e. The zero-order valence-corrected chi connectivity index (χ0v) is 20.9. The molecule has 2 N–H and O–H groups in total. The van der Waals surface area contributed by atoms with Gasteiger partial charge in [0.05, 0.1) is 11.4 Å². The highest BCUT2D eigenvalue weighted by Crippen LogP contribution is 2.25. The fourth-order valence-electron chi connectivity index (χ4n) is 3.36. The summed E-state index contributed by atoms with van der Waals surface area (Å²) in [5.41, 5.74) is 2.02. The zero-order valence-electron chi connectivity index (χ0n) is 20.1. The van der Waals surface area contributed by atoms with E-state index in [4.69, 9.17) is 16.7 Å². The Hall–Kier alpha value is -3.32. The third kappa shape index (κ3) is 7.09. The Labute approximate surface area is 206 Å². The van der Waals surface area contributed by atoms with Gasteiger partial charge >= 0.3 is 6.03 Å². The second kappa shape index (κ2) is 11.2. The first-order valence-electron chi connectivity index (χ1n) is 11.4. The normalized spacial score (nSPS) is 11.2. The summed E-state index contributed by atoms with van der Waals surface area (Å²) in [4.78, 5) is 27.4. The van der Waals surface area contributed by atoms with E-state index in [0.717, 1.165) is 29.8 Å². The number of carbonyl (C=O) groups excluding carboxylic acids is 2. The molecule has 0 fully saturated rings. The van der Waals surface area contributed by atoms with Gasteiger partial charge in [-0.2, -0.15) is 5.10 Å². The maximum atomic E-state index is 13.0. The number of carbonyl (C=O) groups is 2. The molecule has 180 valence electrons. The van der Waals surface area contributed by atoms with Crippen molar-refractivity contribution in [2.45, 2.75) is 46.1 Å². The molecular weight excluding hydrogens is 450 g/mol. The Bertz CT molecular complexity index is 1100. The molecule has 0 saturated carbocycles. The summed E-state index contributed by atoms with van der Waals surface area (Å²) in [5.74, 6) is 0.215. The van der Waals surface area contributed by atoms with E-state index in [0.29, 0.717) is 17.4 Å². The molecule has 0 saturated heterocycles. The number of nitrogens with one attached hydrogen (secondary N) is 2. The SMILES string of the molecule is CCCCN(CC(=O)Nc1cc(-c2ccccc2)nn1-c1ccc(Cl)cc1)C(=O)NC(C)(C)C. The molecule has 1 heterocycles. The molecule has 0 aliphatic carbocycles. The second-order valence-electron chi connectivity index (χ2n) is 9.17. The lowest BCUT2D eigenvalue weighted by atomic mass is 10.1. The molecule has 0 radical (unpaired) electrons. The molecular formula is C26H32ClN5O2. The van der Waals surface area contributed by atoms with E-state index in [1.54, 1.807) is 21.7 Å². The van der Waals surface area contributed by atoms with Crippen molar-refractivity contribution in [1.82, 2.24) is 20.0 Å². The summed E-state index contributed by atoms with van der Waals surface area (Å²) in [6.07, 6.45) is 1.73. The predicted octanol–water partition coefficient (Wildman–Crippen LogP) is 5.74. The van der Waals surface area contributed by atoms with Crippen molar-refractivity contribution in [3.63, 3.8) is 0 Å². The Morgan fingerprint density at radius 2 is 1.74 bits per heavy atom. The molecule has 2 aromatic carbocycles. The highest BCUT2D eigenvalue weighted by molar-refractivity contribution is 6.30. The minimum atomic E-state index is -0.393. The molecule has 3 rings (SSSR count). The van der Waals surface area contributed by atoms with Gasteiger partial charge in [-0.15, -0.1) is 0 Å². The maximum Gasteiger partial charge on any atom is 0.318 e. The van der Waals surface area contributed by atoms with E-state index in [9.17, 15) is 9.59 Å². The molecule has 0 aliphatic rings. The Morgan fingerprint density at radius 3 is 2.35 bits per heavy atom. The van der Waals surface area contributed by atoms with Crippen molar-refractivity contribution in [2.75, 3.05) is 18.4 Å². The number of amides is 3. The molecule has 0 spiro atoms. The molecule has 3 aromatic rings. The van der Waals surface area contributed by atoms with Crippen LogP contribution in [0.1, 0.15) is 40.5 Å². The Kier molecular flexibility index (Phi) is 8.34. The number of urea groups is 1. The summed E-state index contributed by atoms with van der Waals surface area (Å²) in [5, 5.41) is 11.2. The van der Waals surface area contributed by atoms with E-state index < -0.39 is 5.54 Å². The summed E-state index contributed by atoms with van der Waals surface area (Å²) in [7, 11) is 0. The number of rotatable bonds is 8. The number of aromatic nitrogens is 2. The first-order valence-corrected chi connectivity index (χ1v) is 11.8. The summed E-state index contributed by atoms with van der Waals surface area (Å²) in [6, 6.07) is 18.5. The van der Waals surface area contributed by atoms with Gasteiger partial charge in [0.1, 0.15) is 12.4 Å². The van der Waals surface area contributed by atoms with Gasteiger partial charge in [-0.05, 0) is 51.5 Å². The van der Waals surface area contributed by atoms with E-state index in [2.05, 4.69) is 17.6 Å². The summed E-state index contributed by atoms with van der Waals surface area (Å²) in [6.45, 7) is 8.23. The third-order valence-electron chi connectivity index (χ3n) is 5.00. The summed E-state index contributed by atoms with van der Waals surface area (Å²) < 4.78 is 1.67. The van der Waals surface area contributed by atoms with Gasteiger partial charge in [-0.25, -0.2) is 9.48 Å². The zero-order chi connectivity index (χ0) is 24.7. The van der Waals surface area contributed by atoms with Gasteiger partial charge in [-0.1, -0.05) is 55.3 Å². The molecule has 1 aromatic heterocycles. The van der Waals surface area contributed by atoms with Gasteiger partial charge in [0.2, 0.25) is 5.91 Å². The van der Waals surface area contributed by atoms with Crippen molar-refractivity contribution in [1.29, 1.82) is 0 Å². The average molecular weight is 482 g/mol. The lowest BCUT2D eigenvalue weighted by molar-refractivity contribution is -0.116. The van der Waals surface area contributed by atoms with E-state index in [1.165, 1.54) is 0 Å². The Morgan fingerprint density at radius 1 is 1.06 bits per heavy atom. The van der Waals surface area contributed by atoms with Crippen molar-refractivity contribution in [2.24, 2.45) is 0 Å². The van der Waals surface area contributed by atoms with Crippen molar-refractivity contribution >= 4 is 29.4 Å². The monoisotopic (exact) mass is 481 g/mol. The lowest BCUT2D eigenvalue weighted by Gasteiger charge is -2.28. The Balaban J connectivity index is 1.85. The number of unbranched alkanes of at least 4 members (excludes halogenated alkanes) is 1. The van der Waals surface area contributed by atoms with E-state index in [1.807, 2.05) is 69.3 Å². The fraction of sp³-hybridized carbons (Fsp3) is 0.346. The number of halogens is 1. The highest BCUT2D eigenvalue weighted by Gasteiger charge is 2.22. The van der Waals surface area contributed by atoms with Gasteiger partial charge in [-0.3, -0.25) is 4.79 Å². The van der Waals surface area contributed by atoms with Crippen LogP contribution in [0.25, 0.3) is 16.9 Å². The van der Waals surface area contributed by atoms with E-state index in [-0.39, 0.29) is 18.5 Å². The molecule has 0 unspecified atom stereocenters. The van der Waals surface area contributed by atoms with Crippen LogP contribution in [0.3, 0.4) is 0 Å². The minimum absolute atomic E-state index is 0.0611. The number of hydrogen-bond donors (Lipinski definition) is 2. The standard InChI is InChI=1S/C26H32ClN5O2/c1-5-6-16-31(25(34)29-26(2,3)4)18-24(33)28-23-17-22(19-10-8-7-9-11-19)30-32(23)21-14-12-20(27)13-15-21/h7-15,17H,5-6,16,18H2,1-4H3,(H,28,33)(H,29,34). The third-order valence-corrected chi connectivity index (χ3v) is 5.25. The lowest BCUT2D eigenvalue weighted by Crippen LogP contribution is -2.50. The number of benzene rings is 2. The molecule has 34 heavy (non-hydrogen) atoms. The van der Waals surface area contributed by atoms with Crippen LogP contribution in [0.5, 0.6) is 0 Å². The van der Waals surface area contributed by atoms with Gasteiger partial charge < -0.3 is 15.5 Å². The first kappa shape index (κ1) is 25.3. The average Bonchev–Trinajstić information content (AvgIpc) is 3.20. The van der Waals surface area contributed by atoms with Crippen LogP contribution >= 0.6 is 11.6 Å². The van der Waals surface area contributed by atoms with Gasteiger partial charge in [0.25, 0.3) is 0 Å². The summed E-state index contributed by atoms with van der Waals surface area (Å²) >= 11 is 6.06. The van der Waals surface area contributed by atoms with Crippen LogP contribution in [-0.4, -0.2) is 45.2 Å². The van der Waals surface area contributed by atoms with Crippen LogP contribution in [-0.2, 0) is 4.79 Å². The molecule has 7 nitrogen and oxygen atoms in total. The van der Waals surface area contributed by atoms with Crippen LogP contribution in [0.15, 0.2) is 60.7 Å². The predicted molar refractivity (Wildman–Crippen MR) is 137 cm³/mol. The second-order valence-corrected chi connectivity index (χ2v) is 9.61. The first-order chi connectivity index (χ1) is 16.2.